The molecular formula is C22H25N7O. The van der Waals surface area contributed by atoms with E-state index in [-0.39, 0.29) is 11.9 Å². The monoisotopic (exact) mass is 403 g/mol. The summed E-state index contributed by atoms with van der Waals surface area (Å²) < 4.78 is 2.09. The number of anilines is 1. The highest BCUT2D eigenvalue weighted by molar-refractivity contribution is 6.05. The van der Waals surface area contributed by atoms with Crippen LogP contribution in [-0.2, 0) is 7.05 Å². The number of nitrogens with one attached hydrogen (secondary N) is 1. The van der Waals surface area contributed by atoms with Gasteiger partial charge in [-0.25, -0.2) is 4.98 Å². The number of aryl methyl sites for hydroxylation is 1. The highest BCUT2D eigenvalue weighted by Gasteiger charge is 2.13. The molecule has 0 fully saturated rings. The number of amides is 1. The fraction of sp³-hybridized carbons (Fsp3) is 0.318. The Kier molecular flexibility index (Phi) is 5.07. The summed E-state index contributed by atoms with van der Waals surface area (Å²) in [5.41, 5.74) is 4.00. The number of tetrazole rings is 1. The second-order valence-electron chi connectivity index (χ2n) is 7.95. The lowest BCUT2D eigenvalue weighted by atomic mass is 10.1. The first kappa shape index (κ1) is 19.8. The maximum atomic E-state index is 12.7. The third kappa shape index (κ3) is 3.68. The Morgan fingerprint density at radius 2 is 1.77 bits per heavy atom. The van der Waals surface area contributed by atoms with E-state index in [0.29, 0.717) is 23.0 Å². The molecule has 2 aromatic heterocycles. The molecule has 2 aromatic carbocycles. The molecule has 0 bridgehead atoms. The molecule has 154 valence electrons. The van der Waals surface area contributed by atoms with E-state index < -0.39 is 0 Å². The number of aromatic nitrogens is 6. The van der Waals surface area contributed by atoms with Crippen LogP contribution in [0.25, 0.3) is 22.4 Å². The fourth-order valence-electron chi connectivity index (χ4n) is 3.35. The van der Waals surface area contributed by atoms with Crippen molar-refractivity contribution in [2.24, 2.45) is 7.05 Å². The van der Waals surface area contributed by atoms with Gasteiger partial charge in [-0.2, -0.15) is 4.80 Å². The molecule has 0 aliphatic heterocycles. The van der Waals surface area contributed by atoms with E-state index in [2.05, 4.69) is 39.1 Å². The summed E-state index contributed by atoms with van der Waals surface area (Å²) in [7, 11) is 2.01. The van der Waals surface area contributed by atoms with Crippen molar-refractivity contribution in [3.63, 3.8) is 0 Å². The fourth-order valence-corrected chi connectivity index (χ4v) is 3.35. The summed E-state index contributed by atoms with van der Waals surface area (Å²) in [6, 6.07) is 13.1. The van der Waals surface area contributed by atoms with Crippen LogP contribution in [0.5, 0.6) is 0 Å². The molecule has 0 aliphatic rings. The Balaban J connectivity index is 1.52. The Labute approximate surface area is 174 Å². The van der Waals surface area contributed by atoms with Crippen LogP contribution in [0.2, 0.25) is 0 Å². The number of carbonyl (C=O) groups is 1. The van der Waals surface area contributed by atoms with Gasteiger partial charge in [0.2, 0.25) is 5.82 Å². The van der Waals surface area contributed by atoms with Crippen LogP contribution in [0.3, 0.4) is 0 Å². The standard InChI is InChI=1S/C22H25N7O/c1-13(2)21-24-18-12-17(10-11-19(18)28(21)5)23-22(30)16-8-6-15(7-9-16)20-25-27-29(26-20)14(3)4/h6-14H,1-5H3,(H,23,30). The average Bonchev–Trinajstić information content (AvgIpc) is 3.33. The zero-order valence-corrected chi connectivity index (χ0v) is 17.8. The third-order valence-electron chi connectivity index (χ3n) is 4.99. The van der Waals surface area contributed by atoms with E-state index in [1.807, 2.05) is 51.2 Å². The average molecular weight is 403 g/mol. The second-order valence-corrected chi connectivity index (χ2v) is 7.95. The lowest BCUT2D eigenvalue weighted by Crippen LogP contribution is -2.11. The van der Waals surface area contributed by atoms with Gasteiger partial charge in [0.05, 0.1) is 17.1 Å². The van der Waals surface area contributed by atoms with Gasteiger partial charge in [0.25, 0.3) is 5.91 Å². The number of nitrogens with zero attached hydrogens (tertiary/aromatic N) is 6. The van der Waals surface area contributed by atoms with Gasteiger partial charge in [0.15, 0.2) is 0 Å². The van der Waals surface area contributed by atoms with Gasteiger partial charge in [-0.3, -0.25) is 4.79 Å². The van der Waals surface area contributed by atoms with Crippen molar-refractivity contribution < 1.29 is 4.79 Å². The van der Waals surface area contributed by atoms with Crippen molar-refractivity contribution in [3.8, 4) is 11.4 Å². The van der Waals surface area contributed by atoms with Crippen molar-refractivity contribution in [1.82, 2.24) is 29.8 Å². The smallest absolute Gasteiger partial charge is 0.255 e. The first-order valence-corrected chi connectivity index (χ1v) is 10.0. The Morgan fingerprint density at radius 3 is 2.40 bits per heavy atom. The first-order valence-electron chi connectivity index (χ1n) is 10.0. The molecule has 0 unspecified atom stereocenters. The molecule has 1 amide bonds. The molecule has 0 atom stereocenters. The summed E-state index contributed by atoms with van der Waals surface area (Å²) in [6.45, 7) is 8.22. The van der Waals surface area contributed by atoms with Crippen LogP contribution in [0, 0.1) is 0 Å². The lowest BCUT2D eigenvalue weighted by molar-refractivity contribution is 0.102. The van der Waals surface area contributed by atoms with Gasteiger partial charge in [0, 0.05) is 29.8 Å². The van der Waals surface area contributed by atoms with Gasteiger partial charge < -0.3 is 9.88 Å². The van der Waals surface area contributed by atoms with E-state index >= 15 is 0 Å². The van der Waals surface area contributed by atoms with Gasteiger partial charge in [0.1, 0.15) is 5.82 Å². The summed E-state index contributed by atoms with van der Waals surface area (Å²) in [5.74, 6) is 1.71. The largest absolute Gasteiger partial charge is 0.331 e. The summed E-state index contributed by atoms with van der Waals surface area (Å²) >= 11 is 0. The SMILES string of the molecule is CC(C)c1nc2cc(NC(=O)c3ccc(-c4nnn(C(C)C)n4)cc3)ccc2n1C. The summed E-state index contributed by atoms with van der Waals surface area (Å²) in [5, 5.41) is 15.4. The molecule has 0 spiro atoms. The molecule has 2 heterocycles. The molecule has 0 saturated carbocycles. The van der Waals surface area contributed by atoms with Crippen molar-refractivity contribution >= 4 is 22.6 Å². The van der Waals surface area contributed by atoms with Crippen molar-refractivity contribution in [2.45, 2.75) is 39.7 Å². The molecule has 4 aromatic rings. The zero-order chi connectivity index (χ0) is 21.4. The van der Waals surface area contributed by atoms with Crippen molar-refractivity contribution in [1.29, 1.82) is 0 Å². The van der Waals surface area contributed by atoms with E-state index in [4.69, 9.17) is 4.98 Å². The van der Waals surface area contributed by atoms with E-state index in [9.17, 15) is 4.79 Å². The van der Waals surface area contributed by atoms with Gasteiger partial charge in [-0.05, 0) is 49.4 Å². The van der Waals surface area contributed by atoms with E-state index in [0.717, 1.165) is 22.4 Å². The molecule has 8 nitrogen and oxygen atoms in total. The van der Waals surface area contributed by atoms with Gasteiger partial charge in [-0.15, -0.1) is 10.2 Å². The maximum Gasteiger partial charge on any atom is 0.255 e. The van der Waals surface area contributed by atoms with Crippen LogP contribution in [0.15, 0.2) is 42.5 Å². The van der Waals surface area contributed by atoms with E-state index in [1.54, 1.807) is 16.9 Å². The number of hydrogen-bond donors (Lipinski definition) is 1. The third-order valence-corrected chi connectivity index (χ3v) is 4.99. The lowest BCUT2D eigenvalue weighted by Gasteiger charge is -2.06. The van der Waals surface area contributed by atoms with Crippen LogP contribution in [0.4, 0.5) is 5.69 Å². The first-order chi connectivity index (χ1) is 14.3. The van der Waals surface area contributed by atoms with Crippen LogP contribution in [-0.4, -0.2) is 35.7 Å². The number of rotatable bonds is 5. The summed E-state index contributed by atoms with van der Waals surface area (Å²) in [4.78, 5) is 19.0. The van der Waals surface area contributed by atoms with E-state index in [1.165, 1.54) is 0 Å². The molecule has 0 aliphatic carbocycles. The normalized spacial score (nSPS) is 11.6. The molecule has 4 rings (SSSR count). The number of hydrogen-bond acceptors (Lipinski definition) is 5. The Hall–Kier alpha value is -3.55. The van der Waals surface area contributed by atoms with Crippen LogP contribution >= 0.6 is 0 Å². The van der Waals surface area contributed by atoms with Gasteiger partial charge >= 0.3 is 0 Å². The molecular weight excluding hydrogens is 378 g/mol. The quantitative estimate of drug-likeness (QED) is 0.540. The van der Waals surface area contributed by atoms with Crippen LogP contribution < -0.4 is 5.32 Å². The number of imidazole rings is 1. The minimum absolute atomic E-state index is 0.143. The molecule has 1 N–H and O–H groups in total. The molecule has 0 radical (unpaired) electrons. The molecule has 8 heteroatoms. The maximum absolute atomic E-state index is 12.7. The topological polar surface area (TPSA) is 90.5 Å². The van der Waals surface area contributed by atoms with Crippen molar-refractivity contribution in [2.75, 3.05) is 5.32 Å². The van der Waals surface area contributed by atoms with Gasteiger partial charge in [-0.1, -0.05) is 26.0 Å². The predicted molar refractivity (Wildman–Crippen MR) is 116 cm³/mol. The Morgan fingerprint density at radius 1 is 1.03 bits per heavy atom. The Bertz CT molecular complexity index is 1200. The number of carbonyl (C=O) groups excluding carboxylic acids is 1. The zero-order valence-electron chi connectivity index (χ0n) is 17.8. The predicted octanol–water partition coefficient (Wildman–Crippen LogP) is 4.18. The highest BCUT2D eigenvalue weighted by atomic mass is 16.1. The number of benzene rings is 2. The van der Waals surface area contributed by atoms with Crippen molar-refractivity contribution in [3.05, 3.63) is 53.9 Å². The highest BCUT2D eigenvalue weighted by Crippen LogP contribution is 2.24. The molecule has 30 heavy (non-hydrogen) atoms. The van der Waals surface area contributed by atoms with Crippen LogP contribution in [0.1, 0.15) is 55.8 Å². The molecule has 0 saturated heterocycles. The number of fused-ring (bicyclic) bond motifs is 1. The minimum Gasteiger partial charge on any atom is -0.331 e. The second kappa shape index (κ2) is 7.70. The summed E-state index contributed by atoms with van der Waals surface area (Å²) in [6.07, 6.45) is 0. The minimum atomic E-state index is -0.181.